The van der Waals surface area contributed by atoms with E-state index in [2.05, 4.69) is 29.3 Å². The van der Waals surface area contributed by atoms with E-state index in [0.717, 1.165) is 4.67 Å². The summed E-state index contributed by atoms with van der Waals surface area (Å²) in [7, 11) is 0.101. The molecule has 126 valence electrons. The number of nitrogens with zero attached hydrogens (tertiary/aromatic N) is 8. The zero-order valence-electron chi connectivity index (χ0n) is 12.4. The summed E-state index contributed by atoms with van der Waals surface area (Å²) in [5, 5.41) is 6.52. The normalized spacial score (nSPS) is 21.3. The number of hydrogen-bond acceptors (Lipinski definition) is 6. The van der Waals surface area contributed by atoms with Crippen LogP contribution in [0.3, 0.4) is 0 Å². The minimum Gasteiger partial charge on any atom is -0.365 e. The van der Waals surface area contributed by atoms with Gasteiger partial charge in [0.25, 0.3) is 0 Å². The van der Waals surface area contributed by atoms with Crippen molar-refractivity contribution in [1.82, 2.24) is 9.57 Å². The van der Waals surface area contributed by atoms with Gasteiger partial charge in [0.1, 0.15) is 26.0 Å². The molecule has 1 fully saturated rings. The molecule has 1 amide bonds. The second kappa shape index (κ2) is 10.3. The van der Waals surface area contributed by atoms with Crippen LogP contribution in [0, 0.1) is 0 Å². The molecule has 0 N–H and O–H groups in total. The molecule has 0 saturated carbocycles. The number of amides is 1. The fourth-order valence-corrected chi connectivity index (χ4v) is 3.05. The molecular formula is C9H17N8O4P2+. The number of hydrogen-bond donors (Lipinski definition) is 0. The second-order valence-electron chi connectivity index (χ2n) is 4.51. The summed E-state index contributed by atoms with van der Waals surface area (Å²) in [6.45, 7) is 1.71. The lowest BCUT2D eigenvalue weighted by Crippen LogP contribution is -2.48. The smallest absolute Gasteiger partial charge is 0.365 e. The van der Waals surface area contributed by atoms with Gasteiger partial charge in [0.2, 0.25) is 5.91 Å². The Morgan fingerprint density at radius 1 is 1.43 bits per heavy atom. The Morgan fingerprint density at radius 2 is 2.04 bits per heavy atom. The van der Waals surface area contributed by atoms with Gasteiger partial charge in [0, 0.05) is 23.3 Å². The average molecular weight is 363 g/mol. The van der Waals surface area contributed by atoms with Crippen molar-refractivity contribution in [1.29, 1.82) is 0 Å². The Hall–Kier alpha value is -1.50. The van der Waals surface area contributed by atoms with Crippen LogP contribution in [0.2, 0.25) is 0 Å². The molecule has 0 aromatic heterocycles. The summed E-state index contributed by atoms with van der Waals surface area (Å²) >= 11 is 0. The van der Waals surface area contributed by atoms with Crippen LogP contribution in [-0.2, 0) is 18.6 Å². The van der Waals surface area contributed by atoms with E-state index in [1.807, 2.05) is 0 Å². The van der Waals surface area contributed by atoms with Crippen molar-refractivity contribution in [2.45, 2.75) is 18.9 Å². The molecule has 0 aromatic rings. The molecule has 0 spiro atoms. The lowest BCUT2D eigenvalue weighted by molar-refractivity contribution is -0.139. The minimum absolute atomic E-state index is 0.0209. The molecule has 1 aliphatic heterocycles. The molecule has 12 nitrogen and oxygen atoms in total. The molecule has 0 radical (unpaired) electrons. The third-order valence-corrected chi connectivity index (χ3v) is 4.27. The van der Waals surface area contributed by atoms with Crippen LogP contribution in [0.5, 0.6) is 0 Å². The maximum atomic E-state index is 12.0. The van der Waals surface area contributed by atoms with Gasteiger partial charge in [-0.2, -0.15) is 0 Å². The summed E-state index contributed by atoms with van der Waals surface area (Å²) in [5.41, 5.74) is 16.6. The molecule has 1 aliphatic rings. The summed E-state index contributed by atoms with van der Waals surface area (Å²) in [6, 6.07) is 0. The Kier molecular flexibility index (Phi) is 8.76. The number of azide groups is 2. The Morgan fingerprint density at radius 3 is 2.57 bits per heavy atom. The largest absolute Gasteiger partial charge is 0.616 e. The van der Waals surface area contributed by atoms with Crippen LogP contribution >= 0.6 is 17.4 Å². The molecule has 0 aliphatic carbocycles. The van der Waals surface area contributed by atoms with Gasteiger partial charge in [-0.15, -0.1) is 13.8 Å². The highest BCUT2D eigenvalue weighted by Crippen LogP contribution is 2.29. The number of carbonyl (C=O) groups is 1. The van der Waals surface area contributed by atoms with Crippen LogP contribution in [0.15, 0.2) is 10.2 Å². The molecule has 4 unspecified atom stereocenters. The maximum Gasteiger partial charge on any atom is 0.616 e. The maximum absolute atomic E-state index is 12.0. The Labute approximate surface area is 135 Å². The van der Waals surface area contributed by atoms with E-state index in [-0.39, 0.29) is 31.7 Å². The van der Waals surface area contributed by atoms with Gasteiger partial charge in [0.05, 0.1) is 12.4 Å². The van der Waals surface area contributed by atoms with Crippen LogP contribution < -0.4 is 0 Å². The molecular weight excluding hydrogens is 346 g/mol. The molecule has 1 saturated heterocycles. The highest BCUT2D eigenvalue weighted by Gasteiger charge is 2.33. The lowest BCUT2D eigenvalue weighted by atomic mass is 10.3. The topological polar surface area (TPSA) is 157 Å². The molecule has 4 atom stereocenters. The summed E-state index contributed by atoms with van der Waals surface area (Å²) < 4.78 is 23.9. The van der Waals surface area contributed by atoms with E-state index in [1.54, 1.807) is 4.90 Å². The first kappa shape index (κ1) is 19.5. The van der Waals surface area contributed by atoms with Crippen LogP contribution in [-0.4, -0.2) is 60.5 Å². The fraction of sp³-hybridized carbons (Fsp3) is 0.889. The molecule has 0 aromatic carbocycles. The predicted molar refractivity (Wildman–Crippen MR) is 84.0 cm³/mol. The first-order valence-corrected chi connectivity index (χ1v) is 8.31. The number of rotatable bonds is 8. The highest BCUT2D eigenvalue weighted by atomic mass is 31.1. The van der Waals surface area contributed by atoms with Gasteiger partial charge in [0.15, 0.2) is 0 Å². The van der Waals surface area contributed by atoms with E-state index in [9.17, 15) is 9.36 Å². The van der Waals surface area contributed by atoms with Gasteiger partial charge in [-0.1, -0.05) is 14.9 Å². The van der Waals surface area contributed by atoms with Crippen LogP contribution in [0.1, 0.15) is 6.92 Å². The lowest BCUT2D eigenvalue weighted by Gasteiger charge is -2.35. The fourth-order valence-electron chi connectivity index (χ4n) is 1.80. The highest BCUT2D eigenvalue weighted by molar-refractivity contribution is 7.36. The number of carbonyl (C=O) groups excluding carboxylic acids is 1. The van der Waals surface area contributed by atoms with Gasteiger partial charge in [-0.05, 0) is 15.6 Å². The van der Waals surface area contributed by atoms with Crippen LogP contribution in [0.25, 0.3) is 20.9 Å². The summed E-state index contributed by atoms with van der Waals surface area (Å²) in [5.74, 6) is -0.315. The van der Waals surface area contributed by atoms with E-state index in [4.69, 9.17) is 20.3 Å². The first-order chi connectivity index (χ1) is 11.0. The summed E-state index contributed by atoms with van der Waals surface area (Å²) in [4.78, 5) is 18.1. The second-order valence-corrected chi connectivity index (χ2v) is 6.55. The minimum atomic E-state index is -2.37. The van der Waals surface area contributed by atoms with Crippen LogP contribution in [0.4, 0.5) is 0 Å². The van der Waals surface area contributed by atoms with E-state index in [0.29, 0.717) is 13.1 Å². The Bertz CT molecular complexity index is 516. The monoisotopic (exact) mass is 363 g/mol. The molecule has 1 heterocycles. The third kappa shape index (κ3) is 7.07. The quantitative estimate of drug-likeness (QED) is 0.279. The van der Waals surface area contributed by atoms with Gasteiger partial charge in [-0.25, -0.2) is 0 Å². The molecule has 0 bridgehead atoms. The number of morpholine rings is 1. The van der Waals surface area contributed by atoms with E-state index >= 15 is 0 Å². The first-order valence-electron chi connectivity index (χ1n) is 6.51. The van der Waals surface area contributed by atoms with Crippen molar-refractivity contribution in [3.63, 3.8) is 0 Å². The Balaban J connectivity index is 2.55. The zero-order chi connectivity index (χ0) is 17.2. The van der Waals surface area contributed by atoms with Crippen molar-refractivity contribution < 1.29 is 18.6 Å². The SMILES string of the molecule is CC(=O)N1CC(P)OC(CO[P+](=O)N(CN=[N+]=[N-])CN=[N+]=[N-])C1. The van der Waals surface area contributed by atoms with Crippen molar-refractivity contribution >= 4 is 23.3 Å². The van der Waals surface area contributed by atoms with E-state index < -0.39 is 14.3 Å². The molecule has 1 rings (SSSR count). The molecule has 14 heteroatoms. The standard InChI is InChI=1S/C9H17N8O4P2/c1-7(18)16-2-8(21-9(22)3-16)4-20-23(19)17(5-12-14-10)6-13-15-11/h8-9H,2-6,22H2,1H3/q+1. The van der Waals surface area contributed by atoms with Crippen molar-refractivity contribution in [3.8, 4) is 0 Å². The summed E-state index contributed by atoms with van der Waals surface area (Å²) in [6.07, 6.45) is -0.435. The van der Waals surface area contributed by atoms with Crippen molar-refractivity contribution in [3.05, 3.63) is 20.9 Å². The van der Waals surface area contributed by atoms with Crippen molar-refractivity contribution in [2.24, 2.45) is 10.2 Å². The van der Waals surface area contributed by atoms with E-state index in [1.165, 1.54) is 6.92 Å². The molecule has 23 heavy (non-hydrogen) atoms. The predicted octanol–water partition coefficient (Wildman–Crippen LogP) is 1.95. The van der Waals surface area contributed by atoms with Gasteiger partial charge >= 0.3 is 8.18 Å². The zero-order valence-corrected chi connectivity index (χ0v) is 14.5. The third-order valence-electron chi connectivity index (χ3n) is 2.82. The van der Waals surface area contributed by atoms with Gasteiger partial charge < -0.3 is 9.64 Å². The van der Waals surface area contributed by atoms with Crippen molar-refractivity contribution in [2.75, 3.05) is 33.0 Å². The number of ether oxygens (including phenoxy) is 1. The van der Waals surface area contributed by atoms with Gasteiger partial charge in [-0.3, -0.25) is 4.79 Å². The average Bonchev–Trinajstić information content (AvgIpc) is 2.52.